The van der Waals surface area contributed by atoms with Crippen LogP contribution in [-0.2, 0) is 9.47 Å². The van der Waals surface area contributed by atoms with Gasteiger partial charge in [-0.3, -0.25) is 0 Å². The highest BCUT2D eigenvalue weighted by molar-refractivity contribution is 5.75. The van der Waals surface area contributed by atoms with E-state index in [1.165, 1.54) is 6.42 Å². The fourth-order valence-corrected chi connectivity index (χ4v) is 3.53. The second-order valence-electron chi connectivity index (χ2n) is 7.03. The maximum Gasteiger partial charge on any atom is 0.317 e. The normalized spacial score (nSPS) is 32.9. The zero-order valence-corrected chi connectivity index (χ0v) is 13.3. The Morgan fingerprint density at radius 2 is 2.24 bits per heavy atom. The lowest BCUT2D eigenvalue weighted by Crippen LogP contribution is -2.58. The molecular weight excluding hydrogens is 268 g/mol. The molecule has 0 aromatic rings. The summed E-state index contributed by atoms with van der Waals surface area (Å²) >= 11 is 0. The number of amides is 2. The predicted molar refractivity (Wildman–Crippen MR) is 80.2 cm³/mol. The minimum atomic E-state index is -0.173. The van der Waals surface area contributed by atoms with E-state index in [4.69, 9.17) is 9.47 Å². The van der Waals surface area contributed by atoms with Crippen LogP contribution in [0.1, 0.15) is 46.0 Å². The lowest BCUT2D eigenvalue weighted by molar-refractivity contribution is -0.135. The fraction of sp³-hybridized carbons (Fsp3) is 0.938. The van der Waals surface area contributed by atoms with Gasteiger partial charge in [-0.05, 0) is 39.5 Å². The van der Waals surface area contributed by atoms with Gasteiger partial charge < -0.3 is 19.7 Å². The number of hydrogen-bond acceptors (Lipinski definition) is 3. The number of rotatable bonds is 4. The Morgan fingerprint density at radius 1 is 1.43 bits per heavy atom. The molecule has 0 radical (unpaired) electrons. The molecule has 1 heterocycles. The summed E-state index contributed by atoms with van der Waals surface area (Å²) in [6.45, 7) is 6.96. The number of ether oxygens (including phenoxy) is 2. The second kappa shape index (κ2) is 6.13. The van der Waals surface area contributed by atoms with Gasteiger partial charge in [-0.25, -0.2) is 4.79 Å². The van der Waals surface area contributed by atoms with Crippen molar-refractivity contribution >= 4 is 6.03 Å². The van der Waals surface area contributed by atoms with Crippen LogP contribution in [0.5, 0.6) is 0 Å². The number of nitrogens with zero attached hydrogens (tertiary/aromatic N) is 1. The Labute approximate surface area is 127 Å². The first kappa shape index (κ1) is 15.1. The maximum atomic E-state index is 12.3. The van der Waals surface area contributed by atoms with Crippen molar-refractivity contribution in [3.63, 3.8) is 0 Å². The minimum absolute atomic E-state index is 0.0932. The Balaban J connectivity index is 1.60. The summed E-state index contributed by atoms with van der Waals surface area (Å²) in [4.78, 5) is 14.2. The van der Waals surface area contributed by atoms with Gasteiger partial charge in [0.25, 0.3) is 0 Å². The molecule has 0 unspecified atom stereocenters. The van der Waals surface area contributed by atoms with Crippen LogP contribution < -0.4 is 5.32 Å². The largest absolute Gasteiger partial charge is 0.378 e. The lowest BCUT2D eigenvalue weighted by Gasteiger charge is -2.44. The SMILES string of the molecule is CC(C)OC[C@H]1CCC[C@]12CN(C(=O)NC1CC1)CCO2. The molecule has 21 heavy (non-hydrogen) atoms. The summed E-state index contributed by atoms with van der Waals surface area (Å²) in [5.41, 5.74) is -0.173. The highest BCUT2D eigenvalue weighted by Crippen LogP contribution is 2.41. The molecule has 1 N–H and O–H groups in total. The van der Waals surface area contributed by atoms with Crippen molar-refractivity contribution in [2.75, 3.05) is 26.3 Å². The lowest BCUT2D eigenvalue weighted by atomic mass is 9.89. The van der Waals surface area contributed by atoms with Crippen LogP contribution in [0.15, 0.2) is 0 Å². The standard InChI is InChI=1S/C16H28N2O3/c1-12(2)20-10-13-4-3-7-16(13)11-18(8-9-21-16)15(19)17-14-5-6-14/h12-14H,3-11H2,1-2H3,(H,17,19)/t13-,16+/m1/s1. The van der Waals surface area contributed by atoms with Crippen molar-refractivity contribution in [2.24, 2.45) is 5.92 Å². The first-order chi connectivity index (χ1) is 10.1. The summed E-state index contributed by atoms with van der Waals surface area (Å²) in [6, 6.07) is 0.510. The van der Waals surface area contributed by atoms with Crippen molar-refractivity contribution in [1.82, 2.24) is 10.2 Å². The smallest absolute Gasteiger partial charge is 0.317 e. The third kappa shape index (κ3) is 3.51. The highest BCUT2D eigenvalue weighted by Gasteiger charge is 2.48. The summed E-state index contributed by atoms with van der Waals surface area (Å²) in [6.07, 6.45) is 5.87. The van der Waals surface area contributed by atoms with E-state index in [0.29, 0.717) is 25.1 Å². The van der Waals surface area contributed by atoms with Gasteiger partial charge in [-0.15, -0.1) is 0 Å². The molecule has 2 amide bonds. The van der Waals surface area contributed by atoms with Crippen LogP contribution in [-0.4, -0.2) is 55.0 Å². The van der Waals surface area contributed by atoms with Crippen LogP contribution in [0, 0.1) is 5.92 Å². The number of carbonyl (C=O) groups is 1. The second-order valence-corrected chi connectivity index (χ2v) is 7.03. The summed E-state index contributed by atoms with van der Waals surface area (Å²) in [5.74, 6) is 0.413. The van der Waals surface area contributed by atoms with E-state index in [1.807, 2.05) is 4.90 Å². The number of hydrogen-bond donors (Lipinski definition) is 1. The Hall–Kier alpha value is -0.810. The van der Waals surface area contributed by atoms with Gasteiger partial charge in [0.1, 0.15) is 0 Å². The third-order valence-corrected chi connectivity index (χ3v) is 4.93. The summed E-state index contributed by atoms with van der Waals surface area (Å²) in [5, 5.41) is 3.10. The molecule has 3 aliphatic rings. The van der Waals surface area contributed by atoms with E-state index in [0.717, 1.165) is 38.8 Å². The van der Waals surface area contributed by atoms with Gasteiger partial charge in [-0.1, -0.05) is 6.42 Å². The number of nitrogens with one attached hydrogen (secondary N) is 1. The first-order valence-electron chi connectivity index (χ1n) is 8.40. The fourth-order valence-electron chi connectivity index (χ4n) is 3.53. The molecule has 5 nitrogen and oxygen atoms in total. The quantitative estimate of drug-likeness (QED) is 0.865. The highest BCUT2D eigenvalue weighted by atomic mass is 16.5. The average molecular weight is 296 g/mol. The van der Waals surface area contributed by atoms with Crippen molar-refractivity contribution < 1.29 is 14.3 Å². The zero-order chi connectivity index (χ0) is 14.9. The molecule has 1 aliphatic heterocycles. The van der Waals surface area contributed by atoms with Crippen LogP contribution in [0.4, 0.5) is 4.79 Å². The van der Waals surface area contributed by atoms with Crippen LogP contribution in [0.3, 0.4) is 0 Å². The van der Waals surface area contributed by atoms with Crippen LogP contribution >= 0.6 is 0 Å². The summed E-state index contributed by atoms with van der Waals surface area (Å²) < 4.78 is 12.0. The van der Waals surface area contributed by atoms with Gasteiger partial charge in [0.15, 0.2) is 0 Å². The van der Waals surface area contributed by atoms with E-state index in [2.05, 4.69) is 19.2 Å². The molecule has 0 aromatic carbocycles. The average Bonchev–Trinajstić information content (AvgIpc) is 3.19. The summed E-state index contributed by atoms with van der Waals surface area (Å²) in [7, 11) is 0. The van der Waals surface area contributed by atoms with Crippen molar-refractivity contribution in [2.45, 2.75) is 63.7 Å². The molecule has 3 rings (SSSR count). The molecule has 3 fully saturated rings. The molecule has 1 saturated heterocycles. The first-order valence-corrected chi connectivity index (χ1v) is 8.40. The predicted octanol–water partition coefficient (Wildman–Crippen LogP) is 2.15. The Morgan fingerprint density at radius 3 is 2.95 bits per heavy atom. The van der Waals surface area contributed by atoms with Crippen LogP contribution in [0.2, 0.25) is 0 Å². The van der Waals surface area contributed by atoms with E-state index in [9.17, 15) is 4.79 Å². The molecule has 0 aromatic heterocycles. The van der Waals surface area contributed by atoms with Gasteiger partial charge in [0.05, 0.1) is 31.5 Å². The van der Waals surface area contributed by atoms with E-state index in [1.54, 1.807) is 0 Å². The van der Waals surface area contributed by atoms with Crippen molar-refractivity contribution in [3.05, 3.63) is 0 Å². The van der Waals surface area contributed by atoms with Crippen molar-refractivity contribution in [1.29, 1.82) is 0 Å². The molecule has 1 spiro atoms. The van der Waals surface area contributed by atoms with E-state index >= 15 is 0 Å². The zero-order valence-electron chi connectivity index (χ0n) is 13.3. The molecule has 120 valence electrons. The maximum absolute atomic E-state index is 12.3. The third-order valence-electron chi connectivity index (χ3n) is 4.93. The van der Waals surface area contributed by atoms with Crippen LogP contribution in [0.25, 0.3) is 0 Å². The topological polar surface area (TPSA) is 50.8 Å². The molecule has 2 atom stereocenters. The molecule has 5 heteroatoms. The Bertz CT molecular complexity index is 384. The molecular formula is C16H28N2O3. The Kier molecular flexibility index (Phi) is 4.41. The molecule has 2 saturated carbocycles. The number of carbonyl (C=O) groups excluding carboxylic acids is 1. The number of urea groups is 1. The number of morpholine rings is 1. The van der Waals surface area contributed by atoms with Gasteiger partial charge in [0, 0.05) is 18.5 Å². The monoisotopic (exact) mass is 296 g/mol. The van der Waals surface area contributed by atoms with Crippen molar-refractivity contribution in [3.8, 4) is 0 Å². The van der Waals surface area contributed by atoms with Gasteiger partial charge in [-0.2, -0.15) is 0 Å². The minimum Gasteiger partial charge on any atom is -0.378 e. The van der Waals surface area contributed by atoms with Gasteiger partial charge in [0.2, 0.25) is 0 Å². The van der Waals surface area contributed by atoms with Gasteiger partial charge >= 0.3 is 6.03 Å². The van der Waals surface area contributed by atoms with E-state index < -0.39 is 0 Å². The molecule has 0 bridgehead atoms. The van der Waals surface area contributed by atoms with E-state index in [-0.39, 0.29) is 17.7 Å². The molecule has 2 aliphatic carbocycles.